The van der Waals surface area contributed by atoms with E-state index in [0.29, 0.717) is 13.2 Å². The van der Waals surface area contributed by atoms with Crippen LogP contribution in [0.1, 0.15) is 18.1 Å². The molecule has 0 aliphatic carbocycles. The second-order valence-corrected chi connectivity index (χ2v) is 5.42. The largest absolute Gasteiger partial charge is 0.497 e. The highest BCUT2D eigenvalue weighted by atomic mass is 16.5. The van der Waals surface area contributed by atoms with Gasteiger partial charge < -0.3 is 19.8 Å². The molecule has 0 spiro atoms. The predicted molar refractivity (Wildman–Crippen MR) is 92.8 cm³/mol. The first-order valence-corrected chi connectivity index (χ1v) is 7.83. The van der Waals surface area contributed by atoms with Gasteiger partial charge >= 0.3 is 0 Å². The van der Waals surface area contributed by atoms with Crippen LogP contribution in [-0.4, -0.2) is 11.7 Å². The van der Waals surface area contributed by atoms with E-state index >= 15 is 0 Å². The van der Waals surface area contributed by atoms with E-state index in [1.807, 2.05) is 24.3 Å². The summed E-state index contributed by atoms with van der Waals surface area (Å²) < 4.78 is 13.3. The van der Waals surface area contributed by atoms with Gasteiger partial charge in [-0.15, -0.1) is 0 Å². The zero-order valence-electron chi connectivity index (χ0n) is 13.6. The van der Waals surface area contributed by atoms with Crippen molar-refractivity contribution < 1.29 is 9.47 Å². The van der Waals surface area contributed by atoms with Gasteiger partial charge in [0, 0.05) is 35.8 Å². The third kappa shape index (κ3) is 3.03. The third-order valence-electron chi connectivity index (χ3n) is 4.09. The van der Waals surface area contributed by atoms with Crippen LogP contribution in [0.2, 0.25) is 0 Å². The lowest BCUT2D eigenvalue weighted by atomic mass is 10.1. The normalized spacial score (nSPS) is 10.9. The molecule has 0 atom stereocenters. The number of aromatic nitrogens is 1. The fourth-order valence-electron chi connectivity index (χ4n) is 2.89. The maximum absolute atomic E-state index is 5.95. The third-order valence-corrected chi connectivity index (χ3v) is 4.09. The van der Waals surface area contributed by atoms with Crippen LogP contribution in [-0.2, 0) is 19.7 Å². The van der Waals surface area contributed by atoms with Crippen molar-refractivity contribution in [3.05, 3.63) is 59.8 Å². The second-order valence-electron chi connectivity index (χ2n) is 5.42. The Morgan fingerprint density at radius 2 is 1.74 bits per heavy atom. The van der Waals surface area contributed by atoms with Crippen LogP contribution in [0.3, 0.4) is 0 Å². The summed E-state index contributed by atoms with van der Waals surface area (Å²) in [6, 6.07) is 13.9. The molecular formula is C19H22N2O2. The molecule has 0 unspecified atom stereocenters. The number of nitrogens with zero attached hydrogens (tertiary/aromatic N) is 1. The molecule has 3 rings (SSSR count). The van der Waals surface area contributed by atoms with Crippen LogP contribution in [0.4, 0.5) is 0 Å². The van der Waals surface area contributed by atoms with E-state index in [1.165, 1.54) is 16.5 Å². The molecule has 0 amide bonds. The van der Waals surface area contributed by atoms with E-state index in [2.05, 4.69) is 35.9 Å². The Bertz CT molecular complexity index is 791. The molecule has 0 radical (unpaired) electrons. The Morgan fingerprint density at radius 3 is 2.39 bits per heavy atom. The number of aryl methyl sites for hydroxylation is 1. The summed E-state index contributed by atoms with van der Waals surface area (Å²) in [6.45, 7) is 4.11. The standard InChI is InChI=1S/C19H22N2O2/c1-3-21-12-15(19-14(11-20)5-4-6-18(19)21)13-23-17-9-7-16(22-2)8-10-17/h4-10,12H,3,11,13,20H2,1-2H3. The molecule has 1 heterocycles. The minimum atomic E-state index is 0.521. The number of benzene rings is 2. The van der Waals surface area contributed by atoms with Gasteiger partial charge in [-0.25, -0.2) is 0 Å². The van der Waals surface area contributed by atoms with Crippen molar-refractivity contribution in [2.75, 3.05) is 7.11 Å². The molecule has 120 valence electrons. The van der Waals surface area contributed by atoms with Gasteiger partial charge in [0.05, 0.1) is 7.11 Å². The minimum absolute atomic E-state index is 0.521. The molecule has 3 aromatic rings. The predicted octanol–water partition coefficient (Wildman–Crippen LogP) is 3.71. The number of ether oxygens (including phenoxy) is 2. The van der Waals surface area contributed by atoms with Crippen LogP contribution in [0.25, 0.3) is 10.9 Å². The smallest absolute Gasteiger partial charge is 0.120 e. The Morgan fingerprint density at radius 1 is 1.00 bits per heavy atom. The maximum Gasteiger partial charge on any atom is 0.120 e. The van der Waals surface area contributed by atoms with Gasteiger partial charge in [-0.3, -0.25) is 0 Å². The first-order valence-electron chi connectivity index (χ1n) is 7.83. The zero-order valence-corrected chi connectivity index (χ0v) is 13.6. The van der Waals surface area contributed by atoms with E-state index in [9.17, 15) is 0 Å². The topological polar surface area (TPSA) is 49.4 Å². The van der Waals surface area contributed by atoms with Crippen LogP contribution < -0.4 is 15.2 Å². The lowest BCUT2D eigenvalue weighted by Crippen LogP contribution is -2.00. The number of nitrogens with two attached hydrogens (primary N) is 1. The van der Waals surface area contributed by atoms with Gasteiger partial charge in [-0.1, -0.05) is 12.1 Å². The zero-order chi connectivity index (χ0) is 16.2. The van der Waals surface area contributed by atoms with E-state index in [1.54, 1.807) is 7.11 Å². The van der Waals surface area contributed by atoms with Gasteiger partial charge in [0.15, 0.2) is 0 Å². The van der Waals surface area contributed by atoms with E-state index < -0.39 is 0 Å². The molecule has 0 bridgehead atoms. The highest BCUT2D eigenvalue weighted by molar-refractivity contribution is 5.87. The van der Waals surface area contributed by atoms with Crippen molar-refractivity contribution >= 4 is 10.9 Å². The summed E-state index contributed by atoms with van der Waals surface area (Å²) in [7, 11) is 1.66. The first kappa shape index (κ1) is 15.4. The Hall–Kier alpha value is -2.46. The monoisotopic (exact) mass is 310 g/mol. The van der Waals surface area contributed by atoms with Crippen LogP contribution in [0, 0.1) is 0 Å². The second kappa shape index (κ2) is 6.75. The molecule has 4 heteroatoms. The average molecular weight is 310 g/mol. The quantitative estimate of drug-likeness (QED) is 0.755. The summed E-state index contributed by atoms with van der Waals surface area (Å²) in [5.74, 6) is 1.65. The molecule has 1 aromatic heterocycles. The SMILES string of the molecule is CCn1cc(COc2ccc(OC)cc2)c2c(CN)cccc21. The first-order chi connectivity index (χ1) is 11.3. The molecule has 2 N–H and O–H groups in total. The number of methoxy groups -OCH3 is 1. The fourth-order valence-corrected chi connectivity index (χ4v) is 2.89. The van der Waals surface area contributed by atoms with Gasteiger partial charge in [-0.05, 0) is 42.8 Å². The molecule has 0 saturated heterocycles. The number of fused-ring (bicyclic) bond motifs is 1. The molecule has 0 fully saturated rings. The summed E-state index contributed by atoms with van der Waals surface area (Å²) in [5.41, 5.74) is 9.44. The van der Waals surface area contributed by atoms with Gasteiger partial charge in [0.1, 0.15) is 18.1 Å². The van der Waals surface area contributed by atoms with Crippen molar-refractivity contribution in [3.8, 4) is 11.5 Å². The molecule has 2 aromatic carbocycles. The molecule has 0 saturated carbocycles. The van der Waals surface area contributed by atoms with Crippen LogP contribution >= 0.6 is 0 Å². The van der Waals surface area contributed by atoms with Gasteiger partial charge in [0.25, 0.3) is 0 Å². The van der Waals surface area contributed by atoms with Crippen molar-refractivity contribution in [1.29, 1.82) is 0 Å². The average Bonchev–Trinajstić information content (AvgIpc) is 2.98. The number of hydrogen-bond donors (Lipinski definition) is 1. The molecular weight excluding hydrogens is 288 g/mol. The fraction of sp³-hybridized carbons (Fsp3) is 0.263. The summed E-state index contributed by atoms with van der Waals surface area (Å²) >= 11 is 0. The maximum atomic E-state index is 5.95. The number of hydrogen-bond acceptors (Lipinski definition) is 3. The number of rotatable bonds is 6. The summed E-state index contributed by atoms with van der Waals surface area (Å²) in [4.78, 5) is 0. The highest BCUT2D eigenvalue weighted by Gasteiger charge is 2.11. The molecule has 4 nitrogen and oxygen atoms in total. The van der Waals surface area contributed by atoms with Gasteiger partial charge in [0.2, 0.25) is 0 Å². The summed E-state index contributed by atoms with van der Waals surface area (Å²) in [5, 5.41) is 1.21. The lowest BCUT2D eigenvalue weighted by molar-refractivity contribution is 0.306. The van der Waals surface area contributed by atoms with Crippen molar-refractivity contribution in [3.63, 3.8) is 0 Å². The summed E-state index contributed by atoms with van der Waals surface area (Å²) in [6.07, 6.45) is 2.16. The van der Waals surface area contributed by atoms with E-state index in [0.717, 1.165) is 23.6 Å². The molecule has 23 heavy (non-hydrogen) atoms. The van der Waals surface area contributed by atoms with Crippen molar-refractivity contribution in [2.24, 2.45) is 5.73 Å². The van der Waals surface area contributed by atoms with Crippen LogP contribution in [0.5, 0.6) is 11.5 Å². The van der Waals surface area contributed by atoms with Crippen molar-refractivity contribution in [1.82, 2.24) is 4.57 Å². The van der Waals surface area contributed by atoms with Crippen molar-refractivity contribution in [2.45, 2.75) is 26.6 Å². The Balaban J connectivity index is 1.89. The Labute approximate surface area is 136 Å². The molecule has 0 aliphatic heterocycles. The highest BCUT2D eigenvalue weighted by Crippen LogP contribution is 2.27. The van der Waals surface area contributed by atoms with E-state index in [4.69, 9.17) is 15.2 Å². The molecule has 0 aliphatic rings. The van der Waals surface area contributed by atoms with Crippen LogP contribution in [0.15, 0.2) is 48.7 Å². The minimum Gasteiger partial charge on any atom is -0.497 e. The Kier molecular flexibility index (Phi) is 4.53. The lowest BCUT2D eigenvalue weighted by Gasteiger charge is -2.08. The van der Waals surface area contributed by atoms with E-state index in [-0.39, 0.29) is 0 Å². The van der Waals surface area contributed by atoms with Gasteiger partial charge in [-0.2, -0.15) is 0 Å².